The maximum Gasteiger partial charge on any atom is 0.191 e. The van der Waals surface area contributed by atoms with E-state index in [0.717, 1.165) is 17.3 Å². The Bertz CT molecular complexity index is 505. The first-order chi connectivity index (χ1) is 8.88. The third-order valence-electron chi connectivity index (χ3n) is 2.95. The minimum atomic E-state index is -0.0189. The van der Waals surface area contributed by atoms with Gasteiger partial charge in [0.2, 0.25) is 0 Å². The first-order valence-corrected chi connectivity index (χ1v) is 7.95. The molecule has 2 aromatic rings. The van der Waals surface area contributed by atoms with Crippen molar-refractivity contribution in [3.63, 3.8) is 0 Å². The maximum atomic E-state index is 9.25. The van der Waals surface area contributed by atoms with E-state index in [1.54, 1.807) is 23.1 Å². The van der Waals surface area contributed by atoms with E-state index in [1.807, 2.05) is 0 Å². The monoisotopic (exact) mass is 281 g/mol. The summed E-state index contributed by atoms with van der Waals surface area (Å²) in [5.74, 6) is 1.72. The number of nitrogens with zero attached hydrogens (tertiary/aromatic N) is 3. The molecule has 18 heavy (non-hydrogen) atoms. The van der Waals surface area contributed by atoms with Gasteiger partial charge in [-0.05, 0) is 30.7 Å². The third kappa shape index (κ3) is 2.60. The molecule has 0 aliphatic heterocycles. The fraction of sp³-hybridized carbons (Fsp3) is 0.500. The maximum absolute atomic E-state index is 9.25. The van der Waals surface area contributed by atoms with Crippen LogP contribution in [0.15, 0.2) is 22.7 Å². The van der Waals surface area contributed by atoms with Gasteiger partial charge in [0, 0.05) is 16.7 Å². The molecule has 1 saturated carbocycles. The quantitative estimate of drug-likeness (QED) is 0.827. The van der Waals surface area contributed by atoms with E-state index in [-0.39, 0.29) is 6.61 Å². The Morgan fingerprint density at radius 2 is 2.33 bits per heavy atom. The average Bonchev–Trinajstić information content (AvgIpc) is 2.93. The standard InChI is InChI=1S/C12H15N3OS2/c16-8-11-13-14-12(15(11)9-3-4-9)18-7-5-10-2-1-6-17-10/h1-2,6,9,16H,3-5,7-8H2. The summed E-state index contributed by atoms with van der Waals surface area (Å²) < 4.78 is 2.11. The highest BCUT2D eigenvalue weighted by Crippen LogP contribution is 2.38. The Morgan fingerprint density at radius 1 is 1.44 bits per heavy atom. The van der Waals surface area contributed by atoms with E-state index >= 15 is 0 Å². The van der Waals surface area contributed by atoms with E-state index in [0.29, 0.717) is 11.9 Å². The minimum absolute atomic E-state index is 0.0189. The lowest BCUT2D eigenvalue weighted by Gasteiger charge is -2.06. The SMILES string of the molecule is OCc1nnc(SCCc2cccs2)n1C1CC1. The molecule has 0 bridgehead atoms. The Hall–Kier alpha value is -0.850. The van der Waals surface area contributed by atoms with Gasteiger partial charge < -0.3 is 9.67 Å². The highest BCUT2D eigenvalue weighted by atomic mass is 32.2. The predicted molar refractivity (Wildman–Crippen MR) is 73.0 cm³/mol. The van der Waals surface area contributed by atoms with Crippen LogP contribution in [0.1, 0.15) is 29.6 Å². The molecule has 1 aliphatic carbocycles. The first kappa shape index (κ1) is 12.2. The molecule has 3 rings (SSSR count). The largest absolute Gasteiger partial charge is 0.388 e. The number of aryl methyl sites for hydroxylation is 1. The normalized spacial score (nSPS) is 15.2. The van der Waals surface area contributed by atoms with Gasteiger partial charge in [-0.25, -0.2) is 0 Å². The molecule has 0 saturated heterocycles. The van der Waals surface area contributed by atoms with Gasteiger partial charge in [-0.3, -0.25) is 0 Å². The lowest BCUT2D eigenvalue weighted by atomic mass is 10.4. The summed E-state index contributed by atoms with van der Waals surface area (Å²) in [5.41, 5.74) is 0. The van der Waals surface area contributed by atoms with Crippen LogP contribution >= 0.6 is 23.1 Å². The van der Waals surface area contributed by atoms with Crippen LogP contribution in [0.2, 0.25) is 0 Å². The Labute approximate surface area is 114 Å². The highest BCUT2D eigenvalue weighted by molar-refractivity contribution is 7.99. The topological polar surface area (TPSA) is 50.9 Å². The van der Waals surface area contributed by atoms with Crippen molar-refractivity contribution in [1.82, 2.24) is 14.8 Å². The second-order valence-electron chi connectivity index (χ2n) is 4.34. The van der Waals surface area contributed by atoms with Gasteiger partial charge in [0.05, 0.1) is 0 Å². The highest BCUT2D eigenvalue weighted by Gasteiger charge is 2.29. The van der Waals surface area contributed by atoms with Crippen LogP contribution in [0.25, 0.3) is 0 Å². The summed E-state index contributed by atoms with van der Waals surface area (Å²) >= 11 is 3.53. The van der Waals surface area contributed by atoms with Crippen LogP contribution in [0, 0.1) is 0 Å². The Morgan fingerprint density at radius 3 is 3.00 bits per heavy atom. The molecule has 0 radical (unpaired) electrons. The molecule has 0 aromatic carbocycles. The summed E-state index contributed by atoms with van der Waals surface area (Å²) in [6.07, 6.45) is 3.43. The van der Waals surface area contributed by atoms with Crippen molar-refractivity contribution in [1.29, 1.82) is 0 Å². The van der Waals surface area contributed by atoms with E-state index in [9.17, 15) is 5.11 Å². The molecule has 2 heterocycles. The molecule has 1 N–H and O–H groups in total. The molecule has 0 atom stereocenters. The molecular formula is C12H15N3OS2. The van der Waals surface area contributed by atoms with Crippen LogP contribution in [0.5, 0.6) is 0 Å². The average molecular weight is 281 g/mol. The molecular weight excluding hydrogens is 266 g/mol. The van der Waals surface area contributed by atoms with Crippen LogP contribution in [-0.2, 0) is 13.0 Å². The lowest BCUT2D eigenvalue weighted by molar-refractivity contribution is 0.263. The summed E-state index contributed by atoms with van der Waals surface area (Å²) in [5, 5.41) is 20.6. The van der Waals surface area contributed by atoms with Crippen molar-refractivity contribution in [2.45, 2.75) is 37.1 Å². The third-order valence-corrected chi connectivity index (χ3v) is 4.83. The number of thioether (sulfide) groups is 1. The number of aromatic nitrogens is 3. The van der Waals surface area contributed by atoms with Gasteiger partial charge >= 0.3 is 0 Å². The van der Waals surface area contributed by atoms with Crippen molar-refractivity contribution in [2.75, 3.05) is 5.75 Å². The zero-order valence-corrected chi connectivity index (χ0v) is 11.6. The van der Waals surface area contributed by atoms with Crippen molar-refractivity contribution < 1.29 is 5.11 Å². The van der Waals surface area contributed by atoms with Crippen molar-refractivity contribution in [3.05, 3.63) is 28.2 Å². The van der Waals surface area contributed by atoms with Crippen molar-refractivity contribution in [3.8, 4) is 0 Å². The Kier molecular flexibility index (Phi) is 3.67. The van der Waals surface area contributed by atoms with E-state index in [1.165, 1.54) is 17.7 Å². The van der Waals surface area contributed by atoms with Crippen molar-refractivity contribution in [2.24, 2.45) is 0 Å². The number of thiophene rings is 1. The van der Waals surface area contributed by atoms with E-state index in [4.69, 9.17) is 0 Å². The fourth-order valence-electron chi connectivity index (χ4n) is 1.91. The number of hydrogen-bond donors (Lipinski definition) is 1. The number of aliphatic hydroxyl groups excluding tert-OH is 1. The zero-order valence-electron chi connectivity index (χ0n) is 9.95. The molecule has 1 fully saturated rings. The van der Waals surface area contributed by atoms with Gasteiger partial charge in [-0.2, -0.15) is 0 Å². The first-order valence-electron chi connectivity index (χ1n) is 6.08. The molecule has 2 aromatic heterocycles. The zero-order chi connectivity index (χ0) is 12.4. The summed E-state index contributed by atoms with van der Waals surface area (Å²) in [4.78, 5) is 1.40. The molecule has 96 valence electrons. The fourth-order valence-corrected chi connectivity index (χ4v) is 3.75. The van der Waals surface area contributed by atoms with E-state index in [2.05, 4.69) is 32.3 Å². The van der Waals surface area contributed by atoms with Crippen LogP contribution in [-0.4, -0.2) is 25.6 Å². The van der Waals surface area contributed by atoms with Gasteiger partial charge in [0.25, 0.3) is 0 Å². The van der Waals surface area contributed by atoms with Crippen LogP contribution in [0.4, 0.5) is 0 Å². The number of hydrogen-bond acceptors (Lipinski definition) is 5. The second kappa shape index (κ2) is 5.42. The molecule has 0 amide bonds. The molecule has 6 heteroatoms. The van der Waals surface area contributed by atoms with Crippen molar-refractivity contribution >= 4 is 23.1 Å². The van der Waals surface area contributed by atoms with E-state index < -0.39 is 0 Å². The molecule has 0 spiro atoms. The summed E-state index contributed by atoms with van der Waals surface area (Å²) in [7, 11) is 0. The predicted octanol–water partition coefficient (Wildman–Crippen LogP) is 2.50. The Balaban J connectivity index is 1.63. The minimum Gasteiger partial charge on any atom is -0.388 e. The molecule has 4 nitrogen and oxygen atoms in total. The summed E-state index contributed by atoms with van der Waals surface area (Å²) in [6.45, 7) is -0.0189. The summed E-state index contributed by atoms with van der Waals surface area (Å²) in [6, 6.07) is 4.77. The van der Waals surface area contributed by atoms with Gasteiger partial charge in [0.1, 0.15) is 6.61 Å². The molecule has 0 unspecified atom stereocenters. The number of aliphatic hydroxyl groups is 1. The lowest BCUT2D eigenvalue weighted by Crippen LogP contribution is -2.03. The molecule has 1 aliphatic rings. The number of rotatable bonds is 6. The van der Waals surface area contributed by atoms with Gasteiger partial charge in [-0.15, -0.1) is 21.5 Å². The van der Waals surface area contributed by atoms with Gasteiger partial charge in [0.15, 0.2) is 11.0 Å². The van der Waals surface area contributed by atoms with Gasteiger partial charge in [-0.1, -0.05) is 17.8 Å². The van der Waals surface area contributed by atoms with Crippen LogP contribution < -0.4 is 0 Å². The second-order valence-corrected chi connectivity index (χ2v) is 6.43. The van der Waals surface area contributed by atoms with Crippen LogP contribution in [0.3, 0.4) is 0 Å². The smallest absolute Gasteiger partial charge is 0.191 e.